The number of imidazole rings is 1. The van der Waals surface area contributed by atoms with Crippen LogP contribution in [0, 0.1) is 13.8 Å². The second kappa shape index (κ2) is 8.15. The highest BCUT2D eigenvalue weighted by Gasteiger charge is 2.23. The second-order valence-corrected chi connectivity index (χ2v) is 6.57. The highest BCUT2D eigenvalue weighted by Crippen LogP contribution is 2.31. The van der Waals surface area contributed by atoms with Crippen molar-refractivity contribution in [3.05, 3.63) is 71.2 Å². The van der Waals surface area contributed by atoms with Crippen LogP contribution in [0.15, 0.2) is 48.8 Å². The van der Waals surface area contributed by atoms with Crippen molar-refractivity contribution in [2.45, 2.75) is 26.2 Å². The summed E-state index contributed by atoms with van der Waals surface area (Å²) in [7, 11) is 1.63. The van der Waals surface area contributed by atoms with Gasteiger partial charge in [0, 0.05) is 38.4 Å². The minimum absolute atomic E-state index is 0.0114. The molecule has 0 saturated heterocycles. The number of aromatic nitrogens is 2. The SMILES string of the molecule is COCCNC(=O)CC(c1ccccc1C)c1cnc2cc(C)ccn12. The van der Waals surface area contributed by atoms with E-state index in [1.54, 1.807) is 7.11 Å². The van der Waals surface area contributed by atoms with Gasteiger partial charge in [-0.05, 0) is 42.7 Å². The van der Waals surface area contributed by atoms with Crippen LogP contribution in [0.3, 0.4) is 0 Å². The van der Waals surface area contributed by atoms with Crippen LogP contribution in [0.1, 0.15) is 34.7 Å². The summed E-state index contributed by atoms with van der Waals surface area (Å²) in [5.74, 6) is -0.0474. The third kappa shape index (κ3) is 3.94. The summed E-state index contributed by atoms with van der Waals surface area (Å²) in [5, 5.41) is 2.93. The number of carbonyl (C=O) groups excluding carboxylic acids is 1. The number of benzene rings is 1. The zero-order valence-corrected chi connectivity index (χ0v) is 15.5. The first-order chi connectivity index (χ1) is 12.6. The number of nitrogens with one attached hydrogen (secondary N) is 1. The van der Waals surface area contributed by atoms with Gasteiger partial charge in [-0.1, -0.05) is 24.3 Å². The molecule has 1 unspecified atom stereocenters. The summed E-state index contributed by atoms with van der Waals surface area (Å²) in [6.07, 6.45) is 4.28. The molecule has 0 radical (unpaired) electrons. The molecule has 1 aromatic carbocycles. The normalized spacial score (nSPS) is 12.3. The molecule has 5 heteroatoms. The number of hydrogen-bond acceptors (Lipinski definition) is 3. The van der Waals surface area contributed by atoms with E-state index >= 15 is 0 Å². The van der Waals surface area contributed by atoms with E-state index in [2.05, 4.69) is 52.8 Å². The fraction of sp³-hybridized carbons (Fsp3) is 0.333. The zero-order chi connectivity index (χ0) is 18.5. The largest absolute Gasteiger partial charge is 0.383 e. The molecule has 1 atom stereocenters. The van der Waals surface area contributed by atoms with Gasteiger partial charge in [0.05, 0.1) is 12.3 Å². The minimum atomic E-state index is -0.0588. The molecule has 136 valence electrons. The lowest BCUT2D eigenvalue weighted by molar-refractivity contribution is -0.121. The molecular weight excluding hydrogens is 326 g/mol. The Morgan fingerprint density at radius 3 is 2.85 bits per heavy atom. The van der Waals surface area contributed by atoms with E-state index in [9.17, 15) is 4.79 Å². The Bertz CT molecular complexity index is 901. The van der Waals surface area contributed by atoms with Crippen LogP contribution in [0.2, 0.25) is 0 Å². The lowest BCUT2D eigenvalue weighted by Gasteiger charge is -2.19. The van der Waals surface area contributed by atoms with Crippen molar-refractivity contribution >= 4 is 11.6 Å². The summed E-state index contributed by atoms with van der Waals surface area (Å²) < 4.78 is 7.09. The number of aryl methyl sites for hydroxylation is 2. The van der Waals surface area contributed by atoms with Crippen LogP contribution < -0.4 is 5.32 Å². The molecule has 0 fully saturated rings. The van der Waals surface area contributed by atoms with Crippen LogP contribution in [-0.2, 0) is 9.53 Å². The number of hydrogen-bond donors (Lipinski definition) is 1. The number of carbonyl (C=O) groups is 1. The van der Waals surface area contributed by atoms with Crippen molar-refractivity contribution in [3.63, 3.8) is 0 Å². The smallest absolute Gasteiger partial charge is 0.221 e. The zero-order valence-electron chi connectivity index (χ0n) is 15.5. The van der Waals surface area contributed by atoms with Gasteiger partial charge in [0.25, 0.3) is 0 Å². The summed E-state index contributed by atoms with van der Waals surface area (Å²) in [6, 6.07) is 12.3. The van der Waals surface area contributed by atoms with Gasteiger partial charge in [-0.2, -0.15) is 0 Å². The van der Waals surface area contributed by atoms with Gasteiger partial charge in [0.1, 0.15) is 5.65 Å². The first kappa shape index (κ1) is 18.1. The Labute approximate surface area is 154 Å². The lowest BCUT2D eigenvalue weighted by atomic mass is 9.89. The number of methoxy groups -OCH3 is 1. The Balaban J connectivity index is 1.97. The van der Waals surface area contributed by atoms with Gasteiger partial charge in [0.15, 0.2) is 0 Å². The molecule has 0 saturated carbocycles. The molecule has 0 aliphatic carbocycles. The molecule has 0 aliphatic rings. The van der Waals surface area contributed by atoms with Gasteiger partial charge < -0.3 is 14.5 Å². The van der Waals surface area contributed by atoms with E-state index in [0.717, 1.165) is 16.9 Å². The molecular formula is C21H25N3O2. The lowest BCUT2D eigenvalue weighted by Crippen LogP contribution is -2.28. The van der Waals surface area contributed by atoms with Crippen molar-refractivity contribution in [3.8, 4) is 0 Å². The van der Waals surface area contributed by atoms with E-state index < -0.39 is 0 Å². The fourth-order valence-corrected chi connectivity index (χ4v) is 3.26. The first-order valence-electron chi connectivity index (χ1n) is 8.85. The number of amides is 1. The molecule has 3 aromatic rings. The maximum Gasteiger partial charge on any atom is 0.221 e. The van der Waals surface area contributed by atoms with Crippen LogP contribution in [0.4, 0.5) is 0 Å². The van der Waals surface area contributed by atoms with Gasteiger partial charge in [-0.25, -0.2) is 4.98 Å². The average molecular weight is 351 g/mol. The van der Waals surface area contributed by atoms with Gasteiger partial charge in [-0.3, -0.25) is 4.79 Å². The predicted molar refractivity (Wildman–Crippen MR) is 102 cm³/mol. The molecule has 3 rings (SSSR count). The Morgan fingerprint density at radius 2 is 2.08 bits per heavy atom. The number of pyridine rings is 1. The molecule has 1 N–H and O–H groups in total. The number of rotatable bonds is 7. The van der Waals surface area contributed by atoms with E-state index in [4.69, 9.17) is 4.74 Å². The number of nitrogens with zero attached hydrogens (tertiary/aromatic N) is 2. The third-order valence-corrected chi connectivity index (χ3v) is 4.64. The topological polar surface area (TPSA) is 55.6 Å². The molecule has 0 spiro atoms. The van der Waals surface area contributed by atoms with Crippen LogP contribution in [0.25, 0.3) is 5.65 Å². The second-order valence-electron chi connectivity index (χ2n) is 6.57. The van der Waals surface area contributed by atoms with Crippen molar-refractivity contribution in [1.29, 1.82) is 0 Å². The summed E-state index contributed by atoms with van der Waals surface area (Å²) >= 11 is 0. The molecule has 26 heavy (non-hydrogen) atoms. The van der Waals surface area contributed by atoms with Crippen LogP contribution in [0.5, 0.6) is 0 Å². The van der Waals surface area contributed by atoms with Crippen LogP contribution in [-0.4, -0.2) is 35.6 Å². The van der Waals surface area contributed by atoms with E-state index in [1.807, 2.05) is 24.5 Å². The van der Waals surface area contributed by atoms with Crippen molar-refractivity contribution in [2.75, 3.05) is 20.3 Å². The predicted octanol–water partition coefficient (Wildman–Crippen LogP) is 3.24. The molecule has 0 bridgehead atoms. The van der Waals surface area contributed by atoms with Gasteiger partial charge in [0.2, 0.25) is 5.91 Å². The fourth-order valence-electron chi connectivity index (χ4n) is 3.26. The van der Waals surface area contributed by atoms with Crippen molar-refractivity contribution in [1.82, 2.24) is 14.7 Å². The molecule has 2 heterocycles. The Kier molecular flexibility index (Phi) is 5.68. The average Bonchev–Trinajstić information content (AvgIpc) is 3.03. The highest BCUT2D eigenvalue weighted by atomic mass is 16.5. The molecule has 0 aliphatic heterocycles. The van der Waals surface area contributed by atoms with E-state index in [1.165, 1.54) is 11.1 Å². The summed E-state index contributed by atoms with van der Waals surface area (Å²) in [6.45, 7) is 5.16. The van der Waals surface area contributed by atoms with Crippen molar-refractivity contribution in [2.24, 2.45) is 0 Å². The standard InChI is InChI=1S/C21H25N3O2/c1-15-8-10-24-19(14-23-20(24)12-15)18(13-21(25)22-9-11-26-3)17-7-5-4-6-16(17)2/h4-8,10,12,14,18H,9,11,13H2,1-3H3,(H,22,25). The quantitative estimate of drug-likeness (QED) is 0.665. The Hall–Kier alpha value is -2.66. The van der Waals surface area contributed by atoms with Gasteiger partial charge >= 0.3 is 0 Å². The minimum Gasteiger partial charge on any atom is -0.383 e. The maximum atomic E-state index is 12.5. The molecule has 2 aromatic heterocycles. The van der Waals surface area contributed by atoms with Gasteiger partial charge in [-0.15, -0.1) is 0 Å². The highest BCUT2D eigenvalue weighted by molar-refractivity contribution is 5.77. The maximum absolute atomic E-state index is 12.5. The summed E-state index contributed by atoms with van der Waals surface area (Å²) in [4.78, 5) is 17.1. The number of ether oxygens (including phenoxy) is 1. The van der Waals surface area contributed by atoms with E-state index in [0.29, 0.717) is 19.6 Å². The van der Waals surface area contributed by atoms with Crippen molar-refractivity contribution < 1.29 is 9.53 Å². The molecule has 5 nitrogen and oxygen atoms in total. The van der Waals surface area contributed by atoms with E-state index in [-0.39, 0.29) is 11.8 Å². The first-order valence-corrected chi connectivity index (χ1v) is 8.85. The third-order valence-electron chi connectivity index (χ3n) is 4.64. The summed E-state index contributed by atoms with van der Waals surface area (Å²) in [5.41, 5.74) is 5.41. The monoisotopic (exact) mass is 351 g/mol. The molecule has 1 amide bonds. The Morgan fingerprint density at radius 1 is 1.27 bits per heavy atom. The number of fused-ring (bicyclic) bond motifs is 1. The van der Waals surface area contributed by atoms with Crippen LogP contribution >= 0.6 is 0 Å².